The molecule has 3 N–H and O–H groups in total. The molecule has 134 valence electrons. The molecule has 0 saturated heterocycles. The van der Waals surface area contributed by atoms with Crippen LogP contribution in [0.1, 0.15) is 21.1 Å². The van der Waals surface area contributed by atoms with Gasteiger partial charge in [-0.3, -0.25) is 9.89 Å². The van der Waals surface area contributed by atoms with Crippen LogP contribution < -0.4 is 10.1 Å². The second-order valence-electron chi connectivity index (χ2n) is 5.92. The molecular weight excluding hydrogens is 352 g/mol. The van der Waals surface area contributed by atoms with Gasteiger partial charge in [-0.2, -0.15) is 5.10 Å². The number of benzene rings is 1. The van der Waals surface area contributed by atoms with E-state index < -0.39 is 0 Å². The van der Waals surface area contributed by atoms with Crippen molar-refractivity contribution in [3.8, 4) is 28.1 Å². The summed E-state index contributed by atoms with van der Waals surface area (Å²) < 4.78 is 5.92. The summed E-state index contributed by atoms with van der Waals surface area (Å²) in [6.45, 7) is 1.04. The van der Waals surface area contributed by atoms with E-state index >= 15 is 0 Å². The zero-order chi connectivity index (χ0) is 17.9. The number of aliphatic hydroxyl groups is 1. The third-order valence-electron chi connectivity index (χ3n) is 4.17. The Morgan fingerprint density at radius 3 is 3.12 bits per heavy atom. The molecule has 7 nitrogen and oxygen atoms in total. The van der Waals surface area contributed by atoms with Crippen molar-refractivity contribution in [2.75, 3.05) is 19.8 Å². The molecule has 0 atom stereocenters. The maximum Gasteiger partial charge on any atom is 0.280 e. The molecule has 0 bridgehead atoms. The van der Waals surface area contributed by atoms with Gasteiger partial charge in [-0.05, 0) is 24.1 Å². The standard InChI is InChI=1S/C18H18N4O3S/c23-6-1-5-19-17(24)18-22-16-13-3-2-11(12-9-20-21-10-12)8-14(13)25-7-4-15(16)26-18/h2-3,8-10,23H,1,4-7H2,(H,19,24)(H,20,21). The highest BCUT2D eigenvalue weighted by molar-refractivity contribution is 7.14. The lowest BCUT2D eigenvalue weighted by Gasteiger charge is -2.08. The monoisotopic (exact) mass is 370 g/mol. The summed E-state index contributed by atoms with van der Waals surface area (Å²) in [5.41, 5.74) is 3.71. The van der Waals surface area contributed by atoms with Crippen molar-refractivity contribution in [2.45, 2.75) is 12.8 Å². The second-order valence-corrected chi connectivity index (χ2v) is 7.00. The van der Waals surface area contributed by atoms with Crippen LogP contribution in [0.25, 0.3) is 22.4 Å². The van der Waals surface area contributed by atoms with Crippen molar-refractivity contribution in [3.63, 3.8) is 0 Å². The SMILES string of the molecule is O=C(NCCCO)c1nc2c(s1)CCOc1cc(-c3cn[nH]c3)ccc1-2. The van der Waals surface area contributed by atoms with Crippen molar-refractivity contribution in [3.05, 3.63) is 40.5 Å². The summed E-state index contributed by atoms with van der Waals surface area (Å²) in [5.74, 6) is 0.564. The van der Waals surface area contributed by atoms with Gasteiger partial charge in [-0.15, -0.1) is 11.3 Å². The third-order valence-corrected chi connectivity index (χ3v) is 5.28. The molecular formula is C18H18N4O3S. The van der Waals surface area contributed by atoms with Crippen LogP contribution in [0.5, 0.6) is 5.75 Å². The summed E-state index contributed by atoms with van der Waals surface area (Å²) in [7, 11) is 0. The van der Waals surface area contributed by atoms with E-state index in [0.717, 1.165) is 33.0 Å². The number of nitrogens with zero attached hydrogens (tertiary/aromatic N) is 2. The first-order valence-corrected chi connectivity index (χ1v) is 9.23. The fraction of sp³-hybridized carbons (Fsp3) is 0.278. The number of thiazole rings is 1. The van der Waals surface area contributed by atoms with E-state index in [1.807, 2.05) is 24.4 Å². The quantitative estimate of drug-likeness (QED) is 0.598. The van der Waals surface area contributed by atoms with Gasteiger partial charge in [0, 0.05) is 41.8 Å². The Hall–Kier alpha value is -2.71. The van der Waals surface area contributed by atoms with Crippen molar-refractivity contribution < 1.29 is 14.6 Å². The highest BCUT2D eigenvalue weighted by Crippen LogP contribution is 2.39. The predicted octanol–water partition coefficient (Wildman–Crippen LogP) is 2.25. The highest BCUT2D eigenvalue weighted by Gasteiger charge is 2.23. The zero-order valence-electron chi connectivity index (χ0n) is 14.0. The average molecular weight is 370 g/mol. The molecule has 0 aliphatic carbocycles. The number of nitrogens with one attached hydrogen (secondary N) is 2. The lowest BCUT2D eigenvalue weighted by molar-refractivity contribution is 0.0951. The van der Waals surface area contributed by atoms with E-state index in [1.165, 1.54) is 11.3 Å². The number of hydrogen-bond acceptors (Lipinski definition) is 6. The van der Waals surface area contributed by atoms with E-state index in [2.05, 4.69) is 20.5 Å². The number of aliphatic hydroxyl groups excluding tert-OH is 1. The zero-order valence-corrected chi connectivity index (χ0v) is 14.8. The van der Waals surface area contributed by atoms with Crippen LogP contribution in [0.3, 0.4) is 0 Å². The van der Waals surface area contributed by atoms with Crippen molar-refractivity contribution in [1.82, 2.24) is 20.5 Å². The molecule has 2 aromatic heterocycles. The Kier molecular flexibility index (Phi) is 4.68. The average Bonchev–Trinajstić information content (AvgIpc) is 3.29. The molecule has 1 aliphatic heterocycles. The molecule has 1 aliphatic rings. The maximum absolute atomic E-state index is 12.3. The van der Waals surface area contributed by atoms with Crippen LogP contribution in [0.4, 0.5) is 0 Å². The second kappa shape index (κ2) is 7.27. The minimum atomic E-state index is -0.200. The number of aromatic nitrogens is 3. The molecule has 1 amide bonds. The summed E-state index contributed by atoms with van der Waals surface area (Å²) in [5, 5.41) is 18.9. The lowest BCUT2D eigenvalue weighted by Crippen LogP contribution is -2.24. The number of aromatic amines is 1. The first-order chi connectivity index (χ1) is 12.8. The largest absolute Gasteiger partial charge is 0.492 e. The molecule has 0 radical (unpaired) electrons. The van der Waals surface area contributed by atoms with E-state index in [0.29, 0.717) is 31.0 Å². The fourth-order valence-corrected chi connectivity index (χ4v) is 3.84. The van der Waals surface area contributed by atoms with Gasteiger partial charge in [0.15, 0.2) is 5.01 Å². The maximum atomic E-state index is 12.3. The number of carbonyl (C=O) groups excluding carboxylic acids is 1. The Balaban J connectivity index is 1.65. The third kappa shape index (κ3) is 3.21. The van der Waals surface area contributed by atoms with Crippen LogP contribution in [-0.4, -0.2) is 46.0 Å². The van der Waals surface area contributed by atoms with Crippen LogP contribution >= 0.6 is 11.3 Å². The molecule has 8 heteroatoms. The summed E-state index contributed by atoms with van der Waals surface area (Å²) >= 11 is 1.40. The summed E-state index contributed by atoms with van der Waals surface area (Å²) in [4.78, 5) is 17.9. The van der Waals surface area contributed by atoms with Gasteiger partial charge in [-0.1, -0.05) is 6.07 Å². The first kappa shape index (κ1) is 16.7. The van der Waals surface area contributed by atoms with E-state index in [-0.39, 0.29) is 12.5 Å². The van der Waals surface area contributed by atoms with Gasteiger partial charge in [-0.25, -0.2) is 4.98 Å². The number of hydrogen-bond donors (Lipinski definition) is 3. The van der Waals surface area contributed by atoms with Gasteiger partial charge in [0.2, 0.25) is 0 Å². The van der Waals surface area contributed by atoms with Gasteiger partial charge in [0.05, 0.1) is 18.5 Å². The van der Waals surface area contributed by atoms with Crippen molar-refractivity contribution >= 4 is 17.2 Å². The van der Waals surface area contributed by atoms with Gasteiger partial charge in [0.25, 0.3) is 5.91 Å². The van der Waals surface area contributed by atoms with Crippen LogP contribution in [0.15, 0.2) is 30.6 Å². The van der Waals surface area contributed by atoms with Crippen LogP contribution in [-0.2, 0) is 6.42 Å². The Labute approximate surface area is 154 Å². The van der Waals surface area contributed by atoms with Gasteiger partial charge < -0.3 is 15.2 Å². The fourth-order valence-electron chi connectivity index (χ4n) is 2.86. The van der Waals surface area contributed by atoms with E-state index in [4.69, 9.17) is 9.84 Å². The van der Waals surface area contributed by atoms with Crippen molar-refractivity contribution in [1.29, 1.82) is 0 Å². The number of ether oxygens (including phenoxy) is 1. The van der Waals surface area contributed by atoms with Crippen molar-refractivity contribution in [2.24, 2.45) is 0 Å². The molecule has 26 heavy (non-hydrogen) atoms. The lowest BCUT2D eigenvalue weighted by atomic mass is 10.0. The smallest absolute Gasteiger partial charge is 0.280 e. The molecule has 0 spiro atoms. The van der Waals surface area contributed by atoms with Crippen LogP contribution in [0.2, 0.25) is 0 Å². The highest BCUT2D eigenvalue weighted by atomic mass is 32.1. The Bertz CT molecular complexity index is 921. The molecule has 0 saturated carbocycles. The number of H-pyrrole nitrogens is 1. The van der Waals surface area contributed by atoms with E-state index in [9.17, 15) is 4.79 Å². The molecule has 0 fully saturated rings. The minimum absolute atomic E-state index is 0.0539. The molecule has 4 rings (SSSR count). The number of carbonyl (C=O) groups is 1. The van der Waals surface area contributed by atoms with Gasteiger partial charge in [0.1, 0.15) is 5.75 Å². The molecule has 1 aromatic carbocycles. The topological polar surface area (TPSA) is 100 Å². The Morgan fingerprint density at radius 1 is 1.38 bits per heavy atom. The minimum Gasteiger partial charge on any atom is -0.492 e. The number of fused-ring (bicyclic) bond motifs is 3. The molecule has 0 unspecified atom stereocenters. The Morgan fingerprint density at radius 2 is 2.31 bits per heavy atom. The normalized spacial score (nSPS) is 12.7. The predicted molar refractivity (Wildman–Crippen MR) is 98.4 cm³/mol. The number of amides is 1. The molecule has 3 aromatic rings. The van der Waals surface area contributed by atoms with Crippen LogP contribution in [0, 0.1) is 0 Å². The molecule has 3 heterocycles. The number of rotatable bonds is 5. The summed E-state index contributed by atoms with van der Waals surface area (Å²) in [6.07, 6.45) is 4.85. The first-order valence-electron chi connectivity index (χ1n) is 8.41. The van der Waals surface area contributed by atoms with E-state index in [1.54, 1.807) is 6.20 Å². The summed E-state index contributed by atoms with van der Waals surface area (Å²) in [6, 6.07) is 5.97. The van der Waals surface area contributed by atoms with Gasteiger partial charge >= 0.3 is 0 Å².